The van der Waals surface area contributed by atoms with Crippen LogP contribution >= 0.6 is 22.7 Å². The second-order valence-electron chi connectivity index (χ2n) is 23.8. The maximum atomic E-state index is 15.8. The molecule has 2 unspecified atom stereocenters. The summed E-state index contributed by atoms with van der Waals surface area (Å²) in [5.74, 6) is 3.26. The first kappa shape index (κ1) is 55.9. The molecule has 2 atom stereocenters. The first-order chi connectivity index (χ1) is 34.7. The minimum Gasteiger partial charge on any atom is -0.459 e. The molecule has 5 aromatic rings. The molecule has 0 bridgehead atoms. The van der Waals surface area contributed by atoms with E-state index in [1.54, 1.807) is 11.3 Å². The van der Waals surface area contributed by atoms with E-state index < -0.39 is 0 Å². The minimum atomic E-state index is -0.241. The summed E-state index contributed by atoms with van der Waals surface area (Å²) in [7, 11) is 0. The lowest BCUT2D eigenvalue weighted by atomic mass is 9.93. The van der Waals surface area contributed by atoms with Gasteiger partial charge in [0.05, 0.1) is 16.0 Å². The first-order valence-corrected chi connectivity index (χ1v) is 30.6. The molecule has 72 heavy (non-hydrogen) atoms. The number of nitrogens with zero attached hydrogens (tertiary/aromatic N) is 2. The summed E-state index contributed by atoms with van der Waals surface area (Å²) in [5.41, 5.74) is 2.11. The number of amides is 2. The summed E-state index contributed by atoms with van der Waals surface area (Å²) in [5, 5.41) is 2.53. The number of hydrogen-bond acceptors (Lipinski definition) is 6. The summed E-state index contributed by atoms with van der Waals surface area (Å²) in [6.45, 7) is 23.6. The molecular formula is C64H92N2O4S2. The normalized spacial score (nSPS) is 15.5. The Bertz CT molecular complexity index is 2600. The molecular weight excluding hydrogens is 925 g/mol. The first-order valence-electron chi connectivity index (χ1n) is 29.0. The molecule has 0 saturated carbocycles. The number of rotatable bonds is 31. The SMILES string of the molecule is CCCCCCCCC(CCCCCC)CN1C(=O)C2=C(c3ccc(C(C)(C)C)o3)N(CC(CCCCCC)CCCCCCCC)C(=O)C2=C1c1ccc(-c2cc3c(ccc4sc(C(C)(C)C)cc43)s2)o1. The number of carbonyl (C=O) groups is 2. The quantitative estimate of drug-likeness (QED) is 0.0415. The van der Waals surface area contributed by atoms with Crippen molar-refractivity contribution in [3.05, 3.63) is 81.8 Å². The van der Waals surface area contributed by atoms with Gasteiger partial charge in [0.2, 0.25) is 0 Å². The summed E-state index contributed by atoms with van der Waals surface area (Å²) in [6.07, 6.45) is 28.7. The van der Waals surface area contributed by atoms with Crippen molar-refractivity contribution < 1.29 is 18.4 Å². The van der Waals surface area contributed by atoms with Crippen molar-refractivity contribution in [2.75, 3.05) is 13.1 Å². The summed E-state index contributed by atoms with van der Waals surface area (Å²) >= 11 is 3.63. The molecule has 0 N–H and O–H groups in total. The van der Waals surface area contributed by atoms with Crippen molar-refractivity contribution in [1.29, 1.82) is 0 Å². The zero-order chi connectivity index (χ0) is 51.4. The van der Waals surface area contributed by atoms with E-state index in [1.165, 1.54) is 128 Å². The summed E-state index contributed by atoms with van der Waals surface area (Å²) < 4.78 is 16.4. The molecule has 4 aromatic heterocycles. The molecule has 6 nitrogen and oxygen atoms in total. The Labute approximate surface area is 443 Å². The molecule has 394 valence electrons. The second kappa shape index (κ2) is 26.1. The third-order valence-corrected chi connectivity index (χ3v) is 18.2. The third kappa shape index (κ3) is 13.7. The molecule has 6 heterocycles. The summed E-state index contributed by atoms with van der Waals surface area (Å²) in [6, 6.07) is 17.3. The number of benzene rings is 1. The highest BCUT2D eigenvalue weighted by molar-refractivity contribution is 7.23. The third-order valence-electron chi connectivity index (χ3n) is 15.5. The van der Waals surface area contributed by atoms with E-state index in [4.69, 9.17) is 8.83 Å². The predicted octanol–water partition coefficient (Wildman–Crippen LogP) is 20.0. The molecule has 0 aliphatic carbocycles. The molecule has 2 amide bonds. The maximum Gasteiger partial charge on any atom is 0.261 e. The number of fused-ring (bicyclic) bond motifs is 4. The van der Waals surface area contributed by atoms with Gasteiger partial charge in [-0.05, 0) is 91.5 Å². The highest BCUT2D eigenvalue weighted by Crippen LogP contribution is 2.50. The van der Waals surface area contributed by atoms with Crippen LogP contribution in [-0.4, -0.2) is 34.7 Å². The highest BCUT2D eigenvalue weighted by atomic mass is 32.1. The average Bonchev–Trinajstić information content (AvgIpc) is 4.21. The lowest BCUT2D eigenvalue weighted by molar-refractivity contribution is -0.124. The number of hydrogen-bond donors (Lipinski definition) is 0. The van der Waals surface area contributed by atoms with Crippen molar-refractivity contribution in [3.8, 4) is 10.6 Å². The molecule has 7 rings (SSSR count). The Hall–Kier alpha value is -3.88. The standard InChI is InChI=1S/C64H92N2O4S2/c1-11-15-19-23-25-29-33-45(31-27-21-17-13-3)43-65-59(50-36-35-49(69-50)54-41-47-48-42-56(64(8,9)10)72-53(48)39-38-52(47)71-54)57-58(62(65)68)60(51-37-40-55(70-51)63(5,6)7)66(61(57)67)44-46(32-28-22-18-14-4)34-30-26-24-20-16-12-2/h35-42,45-46H,11-34,43-44H2,1-10H3. The van der Waals surface area contributed by atoms with Crippen molar-refractivity contribution in [2.24, 2.45) is 11.8 Å². The fraction of sp³-hybridized carbons (Fsp3) is 0.625. The van der Waals surface area contributed by atoms with Gasteiger partial charge in [-0.3, -0.25) is 9.59 Å². The van der Waals surface area contributed by atoms with Crippen molar-refractivity contribution in [1.82, 2.24) is 9.80 Å². The van der Waals surface area contributed by atoms with E-state index in [-0.39, 0.29) is 22.6 Å². The van der Waals surface area contributed by atoms with Gasteiger partial charge in [0.25, 0.3) is 11.8 Å². The van der Waals surface area contributed by atoms with Gasteiger partial charge in [0, 0.05) is 43.6 Å². The van der Waals surface area contributed by atoms with Gasteiger partial charge in [0.15, 0.2) is 11.5 Å². The van der Waals surface area contributed by atoms with Crippen LogP contribution in [-0.2, 0) is 20.4 Å². The van der Waals surface area contributed by atoms with E-state index in [0.717, 1.165) is 67.8 Å². The summed E-state index contributed by atoms with van der Waals surface area (Å²) in [4.78, 5) is 38.0. The lowest BCUT2D eigenvalue weighted by Gasteiger charge is -2.29. The van der Waals surface area contributed by atoms with E-state index in [1.807, 2.05) is 39.3 Å². The van der Waals surface area contributed by atoms with Gasteiger partial charge < -0.3 is 18.6 Å². The van der Waals surface area contributed by atoms with Gasteiger partial charge in [-0.25, -0.2) is 0 Å². The lowest BCUT2D eigenvalue weighted by Crippen LogP contribution is -2.34. The van der Waals surface area contributed by atoms with Crippen molar-refractivity contribution in [3.63, 3.8) is 0 Å². The van der Waals surface area contributed by atoms with Crippen LogP contribution in [0.2, 0.25) is 0 Å². The van der Waals surface area contributed by atoms with Crippen LogP contribution in [0.15, 0.2) is 68.5 Å². The molecule has 2 aliphatic heterocycles. The van der Waals surface area contributed by atoms with Crippen LogP contribution in [0.4, 0.5) is 0 Å². The number of unbranched alkanes of at least 4 members (excludes halogenated alkanes) is 16. The molecule has 8 heteroatoms. The van der Waals surface area contributed by atoms with Gasteiger partial charge in [-0.15, -0.1) is 22.7 Å². The van der Waals surface area contributed by atoms with E-state index >= 15 is 9.59 Å². The average molecular weight is 1020 g/mol. The zero-order valence-electron chi connectivity index (χ0n) is 46.5. The topological polar surface area (TPSA) is 66.9 Å². The van der Waals surface area contributed by atoms with Gasteiger partial charge in [0.1, 0.15) is 22.9 Å². The highest BCUT2D eigenvalue weighted by Gasteiger charge is 2.51. The van der Waals surface area contributed by atoms with E-state index in [0.29, 0.717) is 59.0 Å². The van der Waals surface area contributed by atoms with Crippen molar-refractivity contribution in [2.45, 2.75) is 234 Å². The molecule has 1 aromatic carbocycles. The molecule has 0 saturated heterocycles. The van der Waals surface area contributed by atoms with E-state index in [2.05, 4.69) is 99.6 Å². The number of thiophene rings is 2. The Morgan fingerprint density at radius 2 is 0.861 bits per heavy atom. The van der Waals surface area contributed by atoms with Crippen LogP contribution in [0, 0.1) is 11.8 Å². The fourth-order valence-electron chi connectivity index (χ4n) is 11.2. The largest absolute Gasteiger partial charge is 0.459 e. The molecule has 0 radical (unpaired) electrons. The fourth-order valence-corrected chi connectivity index (χ4v) is 13.3. The van der Waals surface area contributed by atoms with Crippen LogP contribution in [0.1, 0.15) is 245 Å². The Kier molecular flexibility index (Phi) is 20.2. The Balaban J connectivity index is 1.32. The Morgan fingerprint density at radius 3 is 1.32 bits per heavy atom. The molecule has 2 aliphatic rings. The van der Waals surface area contributed by atoms with Crippen molar-refractivity contribution >= 4 is 66.1 Å². The number of carbonyl (C=O) groups excluding carboxylic acids is 2. The van der Waals surface area contributed by atoms with Gasteiger partial charge in [-0.2, -0.15) is 0 Å². The van der Waals surface area contributed by atoms with Gasteiger partial charge >= 0.3 is 0 Å². The molecule has 0 fully saturated rings. The minimum absolute atomic E-state index is 0.0725. The van der Waals surface area contributed by atoms with Crippen LogP contribution in [0.5, 0.6) is 0 Å². The second-order valence-corrected chi connectivity index (χ2v) is 25.9. The van der Waals surface area contributed by atoms with Gasteiger partial charge in [-0.1, -0.05) is 198 Å². The van der Waals surface area contributed by atoms with Crippen LogP contribution in [0.3, 0.4) is 0 Å². The monoisotopic (exact) mass is 1020 g/mol. The van der Waals surface area contributed by atoms with Crippen LogP contribution in [0.25, 0.3) is 42.2 Å². The predicted molar refractivity (Wildman–Crippen MR) is 309 cm³/mol. The Morgan fingerprint density at radius 1 is 0.458 bits per heavy atom. The van der Waals surface area contributed by atoms with E-state index in [9.17, 15) is 0 Å². The molecule has 0 spiro atoms. The smallest absolute Gasteiger partial charge is 0.261 e. The maximum absolute atomic E-state index is 15.8. The zero-order valence-corrected chi connectivity index (χ0v) is 48.1. The van der Waals surface area contributed by atoms with Crippen LogP contribution < -0.4 is 0 Å². The number of furan rings is 2.